The Kier molecular flexibility index (Phi) is 4.85. The highest BCUT2D eigenvalue weighted by molar-refractivity contribution is 7.89. The third-order valence-electron chi connectivity index (χ3n) is 3.54. The molecule has 0 spiro atoms. The zero-order valence-corrected chi connectivity index (χ0v) is 12.6. The Labute approximate surface area is 127 Å². The molecular weight excluding hydrogens is 321 g/mol. The number of sulfonamides is 1. The molecule has 1 aromatic rings. The van der Waals surface area contributed by atoms with Crippen molar-refractivity contribution >= 4 is 27.6 Å². The van der Waals surface area contributed by atoms with Crippen molar-refractivity contribution in [3.8, 4) is 0 Å². The summed E-state index contributed by atoms with van der Waals surface area (Å²) in [4.78, 5) is 10.6. The van der Waals surface area contributed by atoms with E-state index in [1.165, 1.54) is 6.07 Å². The summed E-state index contributed by atoms with van der Waals surface area (Å²) in [6.07, 6.45) is 1.73. The van der Waals surface area contributed by atoms with Crippen LogP contribution in [0.2, 0.25) is 5.02 Å². The van der Waals surface area contributed by atoms with Crippen LogP contribution < -0.4 is 4.72 Å². The zero-order chi connectivity index (χ0) is 15.6. The van der Waals surface area contributed by atoms with Gasteiger partial charge in [-0.3, -0.25) is 4.79 Å². The van der Waals surface area contributed by atoms with E-state index >= 15 is 0 Å². The first-order valence-electron chi connectivity index (χ1n) is 6.49. The summed E-state index contributed by atoms with van der Waals surface area (Å²) in [5, 5.41) is 8.91. The van der Waals surface area contributed by atoms with Crippen LogP contribution in [0.15, 0.2) is 23.1 Å². The van der Waals surface area contributed by atoms with E-state index < -0.39 is 27.7 Å². The highest BCUT2D eigenvalue weighted by Crippen LogP contribution is 2.26. The largest absolute Gasteiger partial charge is 0.481 e. The van der Waals surface area contributed by atoms with Crippen LogP contribution in [0.25, 0.3) is 0 Å². The van der Waals surface area contributed by atoms with Gasteiger partial charge in [-0.2, -0.15) is 0 Å². The van der Waals surface area contributed by atoms with Crippen LogP contribution in [0.3, 0.4) is 0 Å². The topological polar surface area (TPSA) is 83.5 Å². The highest BCUT2D eigenvalue weighted by Gasteiger charge is 2.29. The number of aliphatic carboxylic acids is 1. The van der Waals surface area contributed by atoms with Gasteiger partial charge in [0.2, 0.25) is 10.0 Å². The van der Waals surface area contributed by atoms with Crippen LogP contribution in [-0.4, -0.2) is 25.5 Å². The van der Waals surface area contributed by atoms with E-state index in [1.54, 1.807) is 0 Å². The molecule has 1 aliphatic carbocycles. The second-order valence-corrected chi connectivity index (χ2v) is 7.26. The van der Waals surface area contributed by atoms with Crippen molar-refractivity contribution in [1.29, 1.82) is 0 Å². The fourth-order valence-electron chi connectivity index (χ4n) is 2.43. The van der Waals surface area contributed by atoms with Crippen molar-refractivity contribution in [1.82, 2.24) is 4.72 Å². The Balaban J connectivity index is 2.07. The molecule has 1 saturated carbocycles. The Morgan fingerprint density at radius 1 is 1.24 bits per heavy atom. The lowest BCUT2D eigenvalue weighted by molar-refractivity contribution is -0.142. The Morgan fingerprint density at radius 3 is 2.38 bits per heavy atom. The average Bonchev–Trinajstić information content (AvgIpc) is 2.37. The van der Waals surface area contributed by atoms with Crippen LogP contribution in [0, 0.1) is 11.7 Å². The second kappa shape index (κ2) is 6.29. The highest BCUT2D eigenvalue weighted by atomic mass is 35.5. The number of nitrogens with one attached hydrogen (secondary N) is 1. The van der Waals surface area contributed by atoms with Gasteiger partial charge < -0.3 is 5.11 Å². The summed E-state index contributed by atoms with van der Waals surface area (Å²) in [5.74, 6) is -2.00. The van der Waals surface area contributed by atoms with Crippen molar-refractivity contribution in [2.24, 2.45) is 5.92 Å². The predicted octanol–water partition coefficient (Wildman–Crippen LogP) is 2.40. The summed E-state index contributed by atoms with van der Waals surface area (Å²) in [7, 11) is -3.86. The van der Waals surface area contributed by atoms with E-state index in [9.17, 15) is 17.6 Å². The van der Waals surface area contributed by atoms with E-state index in [2.05, 4.69) is 4.72 Å². The van der Waals surface area contributed by atoms with Gasteiger partial charge in [-0.05, 0) is 43.9 Å². The molecule has 0 aliphatic heterocycles. The minimum absolute atomic E-state index is 0.00459. The number of carboxylic acids is 1. The van der Waals surface area contributed by atoms with Crippen molar-refractivity contribution < 1.29 is 22.7 Å². The lowest BCUT2D eigenvalue weighted by Gasteiger charge is -2.26. The first kappa shape index (κ1) is 16.2. The number of carboxylic acid groups (broad SMARTS) is 1. The first-order chi connectivity index (χ1) is 9.78. The van der Waals surface area contributed by atoms with Crippen LogP contribution in [0.4, 0.5) is 4.39 Å². The molecule has 1 fully saturated rings. The Morgan fingerprint density at radius 2 is 1.86 bits per heavy atom. The van der Waals surface area contributed by atoms with Crippen LogP contribution in [-0.2, 0) is 14.8 Å². The molecule has 1 aromatic carbocycles. The minimum atomic E-state index is -3.86. The van der Waals surface area contributed by atoms with Gasteiger partial charge in [-0.1, -0.05) is 11.6 Å². The Bertz CT molecular complexity index is 621. The molecule has 2 N–H and O–H groups in total. The number of carbonyl (C=O) groups is 1. The zero-order valence-electron chi connectivity index (χ0n) is 11.1. The molecule has 8 heteroatoms. The standard InChI is InChI=1S/C13H15ClFNO4S/c14-9-5-10(15)7-12(6-9)21(19,20)16-11-3-1-8(2-4-11)13(17)18/h5-8,11,16H,1-4H2,(H,17,18). The molecule has 21 heavy (non-hydrogen) atoms. The molecule has 1 aliphatic rings. The fourth-order valence-corrected chi connectivity index (χ4v) is 4.08. The smallest absolute Gasteiger partial charge is 0.306 e. The van der Waals surface area contributed by atoms with Crippen molar-refractivity contribution in [3.63, 3.8) is 0 Å². The molecule has 0 heterocycles. The van der Waals surface area contributed by atoms with Gasteiger partial charge in [0.05, 0.1) is 10.8 Å². The molecule has 0 amide bonds. The van der Waals surface area contributed by atoms with Crippen molar-refractivity contribution in [2.45, 2.75) is 36.6 Å². The van der Waals surface area contributed by atoms with Crippen molar-refractivity contribution in [2.75, 3.05) is 0 Å². The summed E-state index contributed by atoms with van der Waals surface area (Å²) < 4.78 is 40.0. The number of rotatable bonds is 4. The predicted molar refractivity (Wildman–Crippen MR) is 75.1 cm³/mol. The van der Waals surface area contributed by atoms with Gasteiger partial charge in [-0.15, -0.1) is 0 Å². The summed E-state index contributed by atoms with van der Waals surface area (Å²) in [6, 6.07) is 2.76. The van der Waals surface area contributed by atoms with E-state index in [1.807, 2.05) is 0 Å². The summed E-state index contributed by atoms with van der Waals surface area (Å²) >= 11 is 5.66. The first-order valence-corrected chi connectivity index (χ1v) is 8.35. The van der Waals surface area contributed by atoms with E-state index in [-0.39, 0.29) is 16.0 Å². The van der Waals surface area contributed by atoms with Gasteiger partial charge in [0, 0.05) is 11.1 Å². The quantitative estimate of drug-likeness (QED) is 0.885. The molecule has 0 bridgehead atoms. The molecule has 0 unspecified atom stereocenters. The molecular formula is C13H15ClFNO4S. The van der Waals surface area contributed by atoms with Crippen molar-refractivity contribution in [3.05, 3.63) is 29.0 Å². The van der Waals surface area contributed by atoms with Crippen LogP contribution >= 0.6 is 11.6 Å². The molecule has 0 aromatic heterocycles. The number of benzene rings is 1. The lowest BCUT2D eigenvalue weighted by atomic mass is 9.87. The maximum Gasteiger partial charge on any atom is 0.306 e. The normalized spacial score (nSPS) is 23.0. The summed E-state index contributed by atoms with van der Waals surface area (Å²) in [6.45, 7) is 0. The fraction of sp³-hybridized carbons (Fsp3) is 0.462. The monoisotopic (exact) mass is 335 g/mol. The minimum Gasteiger partial charge on any atom is -0.481 e. The molecule has 0 saturated heterocycles. The molecule has 116 valence electrons. The second-order valence-electron chi connectivity index (χ2n) is 5.11. The SMILES string of the molecule is O=C(O)C1CCC(NS(=O)(=O)c2cc(F)cc(Cl)c2)CC1. The molecule has 2 rings (SSSR count). The maximum atomic E-state index is 13.2. The van der Waals surface area contributed by atoms with Gasteiger partial charge in [0.1, 0.15) is 5.82 Å². The molecule has 5 nitrogen and oxygen atoms in total. The number of halogens is 2. The molecule has 0 radical (unpaired) electrons. The van der Waals surface area contributed by atoms with Crippen LogP contribution in [0.1, 0.15) is 25.7 Å². The van der Waals surface area contributed by atoms with Crippen LogP contribution in [0.5, 0.6) is 0 Å². The number of hydrogen-bond acceptors (Lipinski definition) is 3. The van der Waals surface area contributed by atoms with Gasteiger partial charge in [0.15, 0.2) is 0 Å². The number of hydrogen-bond donors (Lipinski definition) is 2. The van der Waals surface area contributed by atoms with E-state index in [4.69, 9.17) is 16.7 Å². The van der Waals surface area contributed by atoms with E-state index in [0.29, 0.717) is 25.7 Å². The van der Waals surface area contributed by atoms with Gasteiger partial charge >= 0.3 is 5.97 Å². The van der Waals surface area contributed by atoms with Gasteiger partial charge in [0.25, 0.3) is 0 Å². The molecule has 0 atom stereocenters. The third-order valence-corrected chi connectivity index (χ3v) is 5.26. The summed E-state index contributed by atoms with van der Waals surface area (Å²) in [5.41, 5.74) is 0. The van der Waals surface area contributed by atoms with E-state index in [0.717, 1.165) is 12.1 Å². The maximum absolute atomic E-state index is 13.2. The Hall–Kier alpha value is -1.18. The van der Waals surface area contributed by atoms with Gasteiger partial charge in [-0.25, -0.2) is 17.5 Å². The third kappa shape index (κ3) is 4.15. The lowest BCUT2D eigenvalue weighted by Crippen LogP contribution is -2.38. The average molecular weight is 336 g/mol.